The van der Waals surface area contributed by atoms with Crippen LogP contribution in [-0.4, -0.2) is 32.6 Å². The molecule has 12 heteroatoms. The largest absolute Gasteiger partial charge is 0.435 e. The molecule has 7 nitrogen and oxygen atoms in total. The van der Waals surface area contributed by atoms with Gasteiger partial charge < -0.3 is 11.1 Å². The molecule has 0 bridgehead atoms. The number of halogens is 5. The Morgan fingerprint density at radius 1 is 1.18 bits per heavy atom. The van der Waals surface area contributed by atoms with Crippen LogP contribution in [-0.2, 0) is 6.18 Å². The van der Waals surface area contributed by atoms with Crippen molar-refractivity contribution in [1.82, 2.24) is 20.1 Å². The number of aromatic nitrogens is 3. The SMILES string of the molecule is Cc1cc(Cl)cc(C(=O)NC(C)C)c1-c1c(C(F)(F)F)nn(-c2ncccc2Cl)c1C(N)=O. The topological polar surface area (TPSA) is 103 Å². The van der Waals surface area contributed by atoms with E-state index in [1.54, 1.807) is 13.8 Å². The maximum absolute atomic E-state index is 14.2. The van der Waals surface area contributed by atoms with Crippen LogP contribution in [0.2, 0.25) is 10.0 Å². The zero-order chi connectivity index (χ0) is 24.7. The fraction of sp³-hybridized carbons (Fsp3) is 0.238. The first kappa shape index (κ1) is 24.5. The van der Waals surface area contributed by atoms with E-state index in [0.717, 1.165) is 0 Å². The van der Waals surface area contributed by atoms with Crippen molar-refractivity contribution >= 4 is 35.0 Å². The minimum absolute atomic E-state index is 0.0617. The third-order valence-electron chi connectivity index (χ3n) is 4.54. The Hall–Kier alpha value is -3.11. The number of nitrogens with two attached hydrogens (primary N) is 1. The van der Waals surface area contributed by atoms with Gasteiger partial charge >= 0.3 is 6.18 Å². The summed E-state index contributed by atoms with van der Waals surface area (Å²) in [5.41, 5.74) is 2.64. The van der Waals surface area contributed by atoms with E-state index in [-0.39, 0.29) is 38.6 Å². The first-order valence-electron chi connectivity index (χ1n) is 9.55. The molecule has 0 aliphatic heterocycles. The van der Waals surface area contributed by atoms with E-state index in [0.29, 0.717) is 4.68 Å². The summed E-state index contributed by atoms with van der Waals surface area (Å²) in [6.07, 6.45) is -3.74. The van der Waals surface area contributed by atoms with E-state index in [4.69, 9.17) is 28.9 Å². The molecule has 0 aliphatic rings. The van der Waals surface area contributed by atoms with Gasteiger partial charge in [0.2, 0.25) is 0 Å². The summed E-state index contributed by atoms with van der Waals surface area (Å²) >= 11 is 12.2. The quantitative estimate of drug-likeness (QED) is 0.525. The number of hydrogen-bond donors (Lipinski definition) is 2. The average Bonchev–Trinajstić information content (AvgIpc) is 3.07. The molecule has 0 spiro atoms. The summed E-state index contributed by atoms with van der Waals surface area (Å²) in [6.45, 7) is 4.83. The molecule has 1 aromatic carbocycles. The molecule has 33 heavy (non-hydrogen) atoms. The van der Waals surface area contributed by atoms with Crippen LogP contribution in [0.5, 0.6) is 0 Å². The molecule has 0 atom stereocenters. The van der Waals surface area contributed by atoms with Crippen molar-refractivity contribution in [3.05, 3.63) is 63.0 Å². The number of hydrogen-bond acceptors (Lipinski definition) is 4. The van der Waals surface area contributed by atoms with Gasteiger partial charge in [0.25, 0.3) is 11.8 Å². The minimum Gasteiger partial charge on any atom is -0.364 e. The van der Waals surface area contributed by atoms with Crippen LogP contribution < -0.4 is 11.1 Å². The van der Waals surface area contributed by atoms with E-state index in [2.05, 4.69) is 15.4 Å². The Labute approximate surface area is 196 Å². The van der Waals surface area contributed by atoms with E-state index >= 15 is 0 Å². The van der Waals surface area contributed by atoms with Crippen LogP contribution in [0.25, 0.3) is 16.9 Å². The number of primary amides is 1. The summed E-state index contributed by atoms with van der Waals surface area (Å²) in [5, 5.41) is 6.30. The maximum atomic E-state index is 14.2. The van der Waals surface area contributed by atoms with Crippen LogP contribution in [0.3, 0.4) is 0 Å². The predicted octanol–water partition coefficient (Wildman–Crippen LogP) is 4.81. The van der Waals surface area contributed by atoms with Gasteiger partial charge in [0.05, 0.1) is 5.02 Å². The highest BCUT2D eigenvalue weighted by atomic mass is 35.5. The number of nitrogens with zero attached hydrogens (tertiary/aromatic N) is 3. The van der Waals surface area contributed by atoms with Gasteiger partial charge in [-0.1, -0.05) is 23.2 Å². The Bertz CT molecular complexity index is 1260. The second-order valence-electron chi connectivity index (χ2n) is 7.43. The Balaban J connectivity index is 2.49. The number of alkyl halides is 3. The van der Waals surface area contributed by atoms with Crippen molar-refractivity contribution in [2.75, 3.05) is 0 Å². The zero-order valence-corrected chi connectivity index (χ0v) is 19.1. The van der Waals surface area contributed by atoms with Gasteiger partial charge in [-0.05, 0) is 50.6 Å². The number of benzene rings is 1. The lowest BCUT2D eigenvalue weighted by molar-refractivity contribution is -0.140. The lowest BCUT2D eigenvalue weighted by Crippen LogP contribution is -2.31. The maximum Gasteiger partial charge on any atom is 0.435 e. The van der Waals surface area contributed by atoms with Crippen molar-refractivity contribution in [2.24, 2.45) is 5.73 Å². The van der Waals surface area contributed by atoms with Gasteiger partial charge in [-0.25, -0.2) is 9.67 Å². The van der Waals surface area contributed by atoms with E-state index < -0.39 is 34.9 Å². The molecule has 2 heterocycles. The Morgan fingerprint density at radius 3 is 2.39 bits per heavy atom. The number of amides is 2. The van der Waals surface area contributed by atoms with Crippen LogP contribution >= 0.6 is 23.2 Å². The molecule has 2 aromatic heterocycles. The lowest BCUT2D eigenvalue weighted by atomic mass is 9.92. The van der Waals surface area contributed by atoms with Crippen LogP contribution in [0, 0.1) is 6.92 Å². The van der Waals surface area contributed by atoms with Crippen molar-refractivity contribution in [3.63, 3.8) is 0 Å². The molecule has 3 aromatic rings. The molecule has 3 rings (SSSR count). The highest BCUT2D eigenvalue weighted by molar-refractivity contribution is 6.32. The minimum atomic E-state index is -5.01. The Kier molecular flexibility index (Phi) is 6.71. The fourth-order valence-electron chi connectivity index (χ4n) is 3.36. The van der Waals surface area contributed by atoms with Gasteiger partial charge in [-0.3, -0.25) is 9.59 Å². The van der Waals surface area contributed by atoms with Crippen LogP contribution in [0.15, 0.2) is 30.5 Å². The van der Waals surface area contributed by atoms with Crippen LogP contribution in [0.1, 0.15) is 46.0 Å². The summed E-state index contributed by atoms with van der Waals surface area (Å²) < 4.78 is 43.1. The first-order valence-corrected chi connectivity index (χ1v) is 10.3. The van der Waals surface area contributed by atoms with Gasteiger partial charge in [0, 0.05) is 34.0 Å². The van der Waals surface area contributed by atoms with E-state index in [1.165, 1.54) is 37.4 Å². The predicted molar refractivity (Wildman–Crippen MR) is 118 cm³/mol. The smallest absolute Gasteiger partial charge is 0.364 e. The third kappa shape index (κ3) is 4.81. The lowest BCUT2D eigenvalue weighted by Gasteiger charge is -2.17. The van der Waals surface area contributed by atoms with Crippen molar-refractivity contribution in [3.8, 4) is 16.9 Å². The number of carbonyl (C=O) groups excluding carboxylic acids is 2. The van der Waals surface area contributed by atoms with Crippen molar-refractivity contribution in [2.45, 2.75) is 33.0 Å². The fourth-order valence-corrected chi connectivity index (χ4v) is 3.84. The highest BCUT2D eigenvalue weighted by Gasteiger charge is 2.42. The zero-order valence-electron chi connectivity index (χ0n) is 17.6. The molecule has 3 N–H and O–H groups in total. The number of carbonyl (C=O) groups is 2. The second-order valence-corrected chi connectivity index (χ2v) is 8.27. The number of rotatable bonds is 5. The second kappa shape index (κ2) is 9.03. The van der Waals surface area contributed by atoms with E-state index in [1.807, 2.05) is 0 Å². The van der Waals surface area contributed by atoms with Gasteiger partial charge in [0.1, 0.15) is 5.69 Å². The van der Waals surface area contributed by atoms with Crippen LogP contribution in [0.4, 0.5) is 13.2 Å². The number of aryl methyl sites for hydroxylation is 1. The van der Waals surface area contributed by atoms with Crippen molar-refractivity contribution < 1.29 is 22.8 Å². The Morgan fingerprint density at radius 2 is 1.85 bits per heavy atom. The number of nitrogens with one attached hydrogen (secondary N) is 1. The van der Waals surface area contributed by atoms with Gasteiger partial charge in [0.15, 0.2) is 11.5 Å². The molecular weight excluding hydrogens is 482 g/mol. The molecular formula is C21H18Cl2F3N5O2. The number of pyridine rings is 1. The van der Waals surface area contributed by atoms with Gasteiger partial charge in [-0.2, -0.15) is 18.3 Å². The third-order valence-corrected chi connectivity index (χ3v) is 5.05. The molecule has 0 radical (unpaired) electrons. The molecule has 0 saturated carbocycles. The van der Waals surface area contributed by atoms with Gasteiger partial charge in [-0.15, -0.1) is 0 Å². The molecule has 174 valence electrons. The molecule has 0 fully saturated rings. The molecule has 2 amide bonds. The first-order chi connectivity index (χ1) is 15.3. The average molecular weight is 500 g/mol. The molecule has 0 saturated heterocycles. The molecule has 0 unspecified atom stereocenters. The summed E-state index contributed by atoms with van der Waals surface area (Å²) in [4.78, 5) is 29.3. The molecule has 0 aliphatic carbocycles. The summed E-state index contributed by atoms with van der Waals surface area (Å²) in [5.74, 6) is -2.14. The van der Waals surface area contributed by atoms with Crippen molar-refractivity contribution in [1.29, 1.82) is 0 Å². The summed E-state index contributed by atoms with van der Waals surface area (Å²) in [6, 6.07) is 5.11. The normalized spacial score (nSPS) is 11.7. The standard InChI is InChI=1S/C21H18Cl2F3N5O2/c1-9(2)29-20(33)12-8-11(22)7-10(3)14(12)15-16(18(27)32)31(30-17(15)21(24,25)26)19-13(23)5-4-6-28-19/h4-9H,1-3H3,(H2,27,32)(H,29,33). The monoisotopic (exact) mass is 499 g/mol. The highest BCUT2D eigenvalue weighted by Crippen LogP contribution is 2.43. The summed E-state index contributed by atoms with van der Waals surface area (Å²) in [7, 11) is 0. The van der Waals surface area contributed by atoms with E-state index in [9.17, 15) is 22.8 Å².